The number of nitrogens with one attached hydrogen (secondary N) is 1. The minimum atomic E-state index is -0.936. The number of fused-ring (bicyclic) bond motifs is 2. The van der Waals surface area contributed by atoms with Gasteiger partial charge >= 0.3 is 6.09 Å². The standard InChI is InChI=1S/C27H34N6O4/c1-17(19-8-5-7-18(11-19)13-28)33-21-12-23(25(33)35)31(15-21)16-22(30-26(36)37-27(2,3)4)24(34)32-10-6-9-20(32)14-29/h5,7-8,11,17,20-23H,6,9-10,12,15-16H2,1-4H3,(H,30,36)/t17-,20?,21?,22?,23?/m0/s1. The quantitative estimate of drug-likeness (QED) is 0.627. The number of alkyl carbamates (subject to hydrolysis) is 1. The minimum Gasteiger partial charge on any atom is -0.444 e. The predicted molar refractivity (Wildman–Crippen MR) is 134 cm³/mol. The van der Waals surface area contributed by atoms with Crippen LogP contribution in [0, 0.1) is 22.7 Å². The van der Waals surface area contributed by atoms with E-state index >= 15 is 0 Å². The number of nitriles is 2. The smallest absolute Gasteiger partial charge is 0.408 e. The highest BCUT2D eigenvalue weighted by Gasteiger charge is 2.52. The Kier molecular flexibility index (Phi) is 7.42. The highest BCUT2D eigenvalue weighted by molar-refractivity contribution is 5.88. The highest BCUT2D eigenvalue weighted by Crippen LogP contribution is 2.38. The molecule has 1 aromatic rings. The van der Waals surface area contributed by atoms with E-state index in [0.717, 1.165) is 12.0 Å². The number of amides is 3. The number of hydrogen-bond acceptors (Lipinski definition) is 7. The normalized spacial score (nSPS) is 24.9. The fourth-order valence-corrected chi connectivity index (χ4v) is 5.66. The maximum atomic E-state index is 13.5. The minimum absolute atomic E-state index is 0.0225. The molecule has 2 bridgehead atoms. The van der Waals surface area contributed by atoms with Crippen molar-refractivity contribution in [2.24, 2.45) is 0 Å². The SMILES string of the molecule is C[C@@H](c1cccc(C#N)c1)N1C(=O)C2CC1CN2CC(NC(=O)OC(C)(C)C)C(=O)N1CCCC1C#N. The van der Waals surface area contributed by atoms with Gasteiger partial charge in [0.05, 0.1) is 29.8 Å². The second-order valence-electron chi connectivity index (χ2n) is 11.0. The highest BCUT2D eigenvalue weighted by atomic mass is 16.6. The number of benzene rings is 1. The van der Waals surface area contributed by atoms with Crippen molar-refractivity contribution >= 4 is 17.9 Å². The molecule has 4 rings (SSSR count). The lowest BCUT2D eigenvalue weighted by molar-refractivity contribution is -0.141. The molecule has 3 amide bonds. The van der Waals surface area contributed by atoms with Crippen LogP contribution in [0.3, 0.4) is 0 Å². The molecule has 1 N–H and O–H groups in total. The molecule has 10 heteroatoms. The molecule has 3 fully saturated rings. The Bertz CT molecular complexity index is 1150. The first kappa shape index (κ1) is 26.4. The largest absolute Gasteiger partial charge is 0.444 e. The van der Waals surface area contributed by atoms with E-state index in [2.05, 4.69) is 17.5 Å². The van der Waals surface area contributed by atoms with Crippen LogP contribution in [-0.2, 0) is 14.3 Å². The first-order chi connectivity index (χ1) is 17.5. The summed E-state index contributed by atoms with van der Waals surface area (Å²) in [6, 6.07) is 9.54. The number of hydrogen-bond donors (Lipinski definition) is 1. The molecule has 196 valence electrons. The van der Waals surface area contributed by atoms with Gasteiger partial charge in [-0.2, -0.15) is 10.5 Å². The van der Waals surface area contributed by atoms with Crippen LogP contribution in [-0.4, -0.2) is 82.0 Å². The second-order valence-corrected chi connectivity index (χ2v) is 11.0. The van der Waals surface area contributed by atoms with Gasteiger partial charge in [0.2, 0.25) is 11.8 Å². The summed E-state index contributed by atoms with van der Waals surface area (Å²) in [4.78, 5) is 44.9. The Morgan fingerprint density at radius 3 is 2.68 bits per heavy atom. The van der Waals surface area contributed by atoms with Crippen molar-refractivity contribution in [1.29, 1.82) is 10.5 Å². The number of rotatable bonds is 6. The average Bonchev–Trinajstić information content (AvgIpc) is 3.56. The Labute approximate surface area is 217 Å². The number of carbonyl (C=O) groups excluding carboxylic acids is 3. The Hall–Kier alpha value is -3.63. The number of carbonyl (C=O) groups is 3. The van der Waals surface area contributed by atoms with Crippen molar-refractivity contribution < 1.29 is 19.1 Å². The van der Waals surface area contributed by atoms with E-state index in [4.69, 9.17) is 4.74 Å². The summed E-state index contributed by atoms with van der Waals surface area (Å²) in [6.07, 6.45) is 1.27. The van der Waals surface area contributed by atoms with E-state index in [-0.39, 0.29) is 30.4 Å². The summed E-state index contributed by atoms with van der Waals surface area (Å²) in [6.45, 7) is 8.39. The zero-order valence-electron chi connectivity index (χ0n) is 21.8. The molecule has 4 unspecified atom stereocenters. The molecule has 3 aliphatic heterocycles. The molecule has 0 radical (unpaired) electrons. The lowest BCUT2D eigenvalue weighted by Gasteiger charge is -2.39. The third-order valence-electron chi connectivity index (χ3n) is 7.32. The molecular weight excluding hydrogens is 472 g/mol. The predicted octanol–water partition coefficient (Wildman–Crippen LogP) is 2.31. The molecule has 0 aromatic heterocycles. The zero-order valence-corrected chi connectivity index (χ0v) is 21.8. The van der Waals surface area contributed by atoms with Gasteiger partial charge in [0.15, 0.2) is 0 Å². The summed E-state index contributed by atoms with van der Waals surface area (Å²) < 4.78 is 5.40. The zero-order chi connectivity index (χ0) is 26.9. The Balaban J connectivity index is 1.48. The van der Waals surface area contributed by atoms with E-state index in [1.54, 1.807) is 26.8 Å². The van der Waals surface area contributed by atoms with Crippen molar-refractivity contribution in [3.63, 3.8) is 0 Å². The topological polar surface area (TPSA) is 130 Å². The fraction of sp³-hybridized carbons (Fsp3) is 0.593. The van der Waals surface area contributed by atoms with Crippen LogP contribution in [0.4, 0.5) is 4.79 Å². The van der Waals surface area contributed by atoms with E-state index < -0.39 is 29.8 Å². The van der Waals surface area contributed by atoms with Crippen LogP contribution in [0.25, 0.3) is 0 Å². The third-order valence-corrected chi connectivity index (χ3v) is 7.32. The average molecular weight is 507 g/mol. The summed E-state index contributed by atoms with van der Waals surface area (Å²) in [5.74, 6) is -0.352. The Morgan fingerprint density at radius 2 is 2.03 bits per heavy atom. The van der Waals surface area contributed by atoms with Crippen LogP contribution >= 0.6 is 0 Å². The molecule has 3 aliphatic rings. The first-order valence-electron chi connectivity index (χ1n) is 12.8. The van der Waals surface area contributed by atoms with E-state index in [9.17, 15) is 24.9 Å². The molecule has 0 spiro atoms. The van der Waals surface area contributed by atoms with Crippen molar-refractivity contribution in [2.75, 3.05) is 19.6 Å². The Morgan fingerprint density at radius 1 is 1.27 bits per heavy atom. The van der Waals surface area contributed by atoms with Crippen LogP contribution < -0.4 is 5.32 Å². The maximum absolute atomic E-state index is 13.5. The number of likely N-dealkylation sites (tertiary alicyclic amines) is 3. The van der Waals surface area contributed by atoms with E-state index in [0.29, 0.717) is 31.5 Å². The summed E-state index contributed by atoms with van der Waals surface area (Å²) in [7, 11) is 0. The molecule has 10 nitrogen and oxygen atoms in total. The lowest BCUT2D eigenvalue weighted by atomic mass is 10.0. The maximum Gasteiger partial charge on any atom is 0.408 e. The van der Waals surface area contributed by atoms with Gasteiger partial charge in [0.1, 0.15) is 17.7 Å². The van der Waals surface area contributed by atoms with Crippen LogP contribution in [0.1, 0.15) is 64.1 Å². The van der Waals surface area contributed by atoms with Gasteiger partial charge in [0.25, 0.3) is 0 Å². The second kappa shape index (κ2) is 10.4. The molecule has 1 aromatic carbocycles. The molecule has 37 heavy (non-hydrogen) atoms. The summed E-state index contributed by atoms with van der Waals surface area (Å²) >= 11 is 0. The first-order valence-corrected chi connectivity index (χ1v) is 12.8. The number of ether oxygens (including phenoxy) is 1. The van der Waals surface area contributed by atoms with Gasteiger partial charge in [-0.15, -0.1) is 0 Å². The molecule has 3 saturated heterocycles. The number of piperazine rings is 1. The van der Waals surface area contributed by atoms with Gasteiger partial charge in [-0.05, 0) is 64.7 Å². The van der Waals surface area contributed by atoms with Crippen LogP contribution in [0.15, 0.2) is 24.3 Å². The molecule has 5 atom stereocenters. The van der Waals surface area contributed by atoms with Crippen molar-refractivity contribution in [2.45, 2.75) is 82.8 Å². The van der Waals surface area contributed by atoms with Crippen molar-refractivity contribution in [3.05, 3.63) is 35.4 Å². The van der Waals surface area contributed by atoms with Crippen molar-refractivity contribution in [1.82, 2.24) is 20.0 Å². The molecule has 3 heterocycles. The molecular formula is C27H34N6O4. The van der Waals surface area contributed by atoms with Gasteiger partial charge in [-0.1, -0.05) is 12.1 Å². The monoisotopic (exact) mass is 506 g/mol. The van der Waals surface area contributed by atoms with Gasteiger partial charge < -0.3 is 19.9 Å². The van der Waals surface area contributed by atoms with Gasteiger partial charge in [0, 0.05) is 25.7 Å². The van der Waals surface area contributed by atoms with Gasteiger partial charge in [-0.3, -0.25) is 14.5 Å². The van der Waals surface area contributed by atoms with Crippen molar-refractivity contribution in [3.8, 4) is 12.1 Å². The van der Waals surface area contributed by atoms with E-state index in [1.807, 2.05) is 34.9 Å². The molecule has 0 saturated carbocycles. The van der Waals surface area contributed by atoms with Gasteiger partial charge in [-0.25, -0.2) is 4.79 Å². The summed E-state index contributed by atoms with van der Waals surface area (Å²) in [5, 5.41) is 21.4. The van der Waals surface area contributed by atoms with Crippen LogP contribution in [0.2, 0.25) is 0 Å². The lowest BCUT2D eigenvalue weighted by Crippen LogP contribution is -2.59. The van der Waals surface area contributed by atoms with E-state index in [1.165, 1.54) is 4.90 Å². The van der Waals surface area contributed by atoms with Crippen LogP contribution in [0.5, 0.6) is 0 Å². The third kappa shape index (κ3) is 5.55. The summed E-state index contributed by atoms with van der Waals surface area (Å²) in [5.41, 5.74) is 0.723. The fourth-order valence-electron chi connectivity index (χ4n) is 5.66. The molecule has 0 aliphatic carbocycles. The number of nitrogens with zero attached hydrogens (tertiary/aromatic N) is 5.